The average Bonchev–Trinajstić information content (AvgIpc) is 2.99. The van der Waals surface area contributed by atoms with Crippen LogP contribution in [0.15, 0.2) is 54.6 Å². The molecule has 0 aliphatic carbocycles. The topological polar surface area (TPSA) is 58.6 Å². The molecule has 2 amide bonds. The summed E-state index contributed by atoms with van der Waals surface area (Å²) in [6.07, 6.45) is 2.14. The summed E-state index contributed by atoms with van der Waals surface area (Å²) in [6, 6.07) is 16.9. The van der Waals surface area contributed by atoms with E-state index in [-0.39, 0.29) is 30.1 Å². The monoisotopic (exact) mass is 366 g/mol. The zero-order chi connectivity index (χ0) is 19.2. The van der Waals surface area contributed by atoms with E-state index in [4.69, 9.17) is 4.74 Å². The summed E-state index contributed by atoms with van der Waals surface area (Å²) in [7, 11) is 1.60. The summed E-state index contributed by atoms with van der Waals surface area (Å²) >= 11 is 0. The molecular formula is C22H26N2O3. The number of amides is 2. The summed E-state index contributed by atoms with van der Waals surface area (Å²) in [4.78, 5) is 27.4. The maximum Gasteiger partial charge on any atom is 0.230 e. The van der Waals surface area contributed by atoms with E-state index in [9.17, 15) is 9.59 Å². The third kappa shape index (κ3) is 4.48. The van der Waals surface area contributed by atoms with Crippen LogP contribution in [0, 0.1) is 11.8 Å². The molecule has 1 aliphatic heterocycles. The minimum atomic E-state index is -0.275. The Kier molecular flexibility index (Phi) is 6.12. The van der Waals surface area contributed by atoms with Gasteiger partial charge >= 0.3 is 0 Å². The van der Waals surface area contributed by atoms with Crippen molar-refractivity contribution in [1.29, 1.82) is 0 Å². The van der Waals surface area contributed by atoms with Crippen molar-refractivity contribution in [3.8, 4) is 5.75 Å². The van der Waals surface area contributed by atoms with Crippen LogP contribution in [-0.2, 0) is 9.59 Å². The van der Waals surface area contributed by atoms with Gasteiger partial charge in [-0.15, -0.1) is 0 Å². The molecule has 5 nitrogen and oxygen atoms in total. The molecule has 1 aliphatic rings. The highest BCUT2D eigenvalue weighted by Gasteiger charge is 2.41. The first-order valence-corrected chi connectivity index (χ1v) is 9.42. The van der Waals surface area contributed by atoms with Crippen molar-refractivity contribution in [3.63, 3.8) is 0 Å². The zero-order valence-electron chi connectivity index (χ0n) is 15.9. The first-order valence-electron chi connectivity index (χ1n) is 9.42. The van der Waals surface area contributed by atoms with Crippen molar-refractivity contribution < 1.29 is 14.3 Å². The van der Waals surface area contributed by atoms with Crippen LogP contribution in [0.1, 0.15) is 26.2 Å². The molecule has 0 radical (unpaired) electrons. The van der Waals surface area contributed by atoms with Crippen LogP contribution in [0.2, 0.25) is 0 Å². The molecule has 5 heteroatoms. The molecule has 1 heterocycles. The Labute approximate surface area is 160 Å². The largest absolute Gasteiger partial charge is 0.497 e. The van der Waals surface area contributed by atoms with Crippen molar-refractivity contribution in [3.05, 3.63) is 54.6 Å². The molecule has 2 aromatic rings. The molecule has 0 aromatic heterocycles. The van der Waals surface area contributed by atoms with Crippen LogP contribution in [0.4, 0.5) is 11.4 Å². The van der Waals surface area contributed by atoms with Gasteiger partial charge in [-0.3, -0.25) is 9.59 Å². The number of carbonyl (C=O) groups excluding carboxylic acids is 2. The Balaban J connectivity index is 1.68. The maximum absolute atomic E-state index is 13.0. The second-order valence-electron chi connectivity index (χ2n) is 6.92. The van der Waals surface area contributed by atoms with Gasteiger partial charge < -0.3 is 15.0 Å². The van der Waals surface area contributed by atoms with Gasteiger partial charge in [0, 0.05) is 24.3 Å². The van der Waals surface area contributed by atoms with Crippen LogP contribution >= 0.6 is 0 Å². The fourth-order valence-electron chi connectivity index (χ4n) is 3.70. The Morgan fingerprint density at radius 2 is 1.85 bits per heavy atom. The third-order valence-electron chi connectivity index (χ3n) is 5.08. The number of hydrogen-bond donors (Lipinski definition) is 1. The number of hydrogen-bond acceptors (Lipinski definition) is 3. The third-order valence-corrected chi connectivity index (χ3v) is 5.08. The highest BCUT2D eigenvalue weighted by atomic mass is 16.5. The van der Waals surface area contributed by atoms with Gasteiger partial charge in [0.25, 0.3) is 0 Å². The van der Waals surface area contributed by atoms with Gasteiger partial charge in [-0.05, 0) is 48.7 Å². The quantitative estimate of drug-likeness (QED) is 0.802. The van der Waals surface area contributed by atoms with Crippen molar-refractivity contribution in [2.45, 2.75) is 26.2 Å². The number of nitrogens with one attached hydrogen (secondary N) is 1. The number of nitrogens with zero attached hydrogens (tertiary/aromatic N) is 1. The predicted octanol–water partition coefficient (Wildman–Crippen LogP) is 4.10. The molecule has 3 rings (SSSR count). The van der Waals surface area contributed by atoms with Gasteiger partial charge in [-0.25, -0.2) is 0 Å². The summed E-state index contributed by atoms with van der Waals surface area (Å²) < 4.78 is 5.13. The molecule has 0 bridgehead atoms. The van der Waals surface area contributed by atoms with E-state index in [0.717, 1.165) is 24.3 Å². The van der Waals surface area contributed by atoms with E-state index in [1.165, 1.54) is 0 Å². The maximum atomic E-state index is 13.0. The van der Waals surface area contributed by atoms with Crippen LogP contribution in [0.25, 0.3) is 0 Å². The van der Waals surface area contributed by atoms with Crippen LogP contribution in [0.5, 0.6) is 5.75 Å². The van der Waals surface area contributed by atoms with Gasteiger partial charge in [0.05, 0.1) is 13.0 Å². The smallest absolute Gasteiger partial charge is 0.230 e. The average molecular weight is 366 g/mol. The number of methoxy groups -OCH3 is 1. The molecular weight excluding hydrogens is 340 g/mol. The fraction of sp³-hybridized carbons (Fsp3) is 0.364. The highest BCUT2D eigenvalue weighted by molar-refractivity contribution is 6.01. The molecule has 1 fully saturated rings. The minimum Gasteiger partial charge on any atom is -0.497 e. The summed E-state index contributed by atoms with van der Waals surface area (Å²) in [6.45, 7) is 2.79. The molecule has 142 valence electrons. The standard InChI is InChI=1S/C22H26N2O3/c1-3-7-16-15-24(18-8-5-4-6-9-18)22(26)20(16)14-21(25)23-17-10-12-19(27-2)13-11-17/h4-6,8-13,16,20H,3,7,14-15H2,1-2H3,(H,23,25)/t16-,20-/m0/s1. The molecule has 27 heavy (non-hydrogen) atoms. The Hall–Kier alpha value is -2.82. The number of anilines is 2. The second-order valence-corrected chi connectivity index (χ2v) is 6.92. The van der Waals surface area contributed by atoms with E-state index < -0.39 is 0 Å². The zero-order valence-corrected chi connectivity index (χ0v) is 15.9. The normalized spacial score (nSPS) is 19.2. The number of benzene rings is 2. The number of para-hydroxylation sites is 1. The van der Waals surface area contributed by atoms with Gasteiger partial charge in [-0.2, -0.15) is 0 Å². The number of ether oxygens (including phenoxy) is 1. The van der Waals surface area contributed by atoms with Gasteiger partial charge in [0.15, 0.2) is 0 Å². The van der Waals surface area contributed by atoms with Crippen LogP contribution in [0.3, 0.4) is 0 Å². The minimum absolute atomic E-state index is 0.0459. The van der Waals surface area contributed by atoms with E-state index in [1.54, 1.807) is 31.4 Å². The summed E-state index contributed by atoms with van der Waals surface area (Å²) in [5.41, 5.74) is 1.61. The summed E-state index contributed by atoms with van der Waals surface area (Å²) in [5, 5.41) is 2.89. The Bertz CT molecular complexity index is 774. The van der Waals surface area contributed by atoms with Gasteiger partial charge in [0.2, 0.25) is 11.8 Å². The number of carbonyl (C=O) groups is 2. The lowest BCUT2D eigenvalue weighted by Gasteiger charge is -2.16. The fourth-order valence-corrected chi connectivity index (χ4v) is 3.70. The van der Waals surface area contributed by atoms with E-state index in [0.29, 0.717) is 12.2 Å². The second kappa shape index (κ2) is 8.71. The molecule has 0 unspecified atom stereocenters. The van der Waals surface area contributed by atoms with Crippen molar-refractivity contribution >= 4 is 23.2 Å². The van der Waals surface area contributed by atoms with Gasteiger partial charge in [0.1, 0.15) is 5.75 Å². The molecule has 2 atom stereocenters. The SMILES string of the molecule is CCC[C@H]1CN(c2ccccc2)C(=O)[C@H]1CC(=O)Nc1ccc(OC)cc1. The lowest BCUT2D eigenvalue weighted by molar-refractivity contribution is -0.125. The van der Waals surface area contributed by atoms with Crippen molar-refractivity contribution in [2.75, 3.05) is 23.9 Å². The van der Waals surface area contributed by atoms with Gasteiger partial charge in [-0.1, -0.05) is 31.5 Å². The van der Waals surface area contributed by atoms with Crippen molar-refractivity contribution in [1.82, 2.24) is 0 Å². The highest BCUT2D eigenvalue weighted by Crippen LogP contribution is 2.34. The molecule has 1 saturated heterocycles. The number of rotatable bonds is 7. The first-order chi connectivity index (χ1) is 13.1. The lowest BCUT2D eigenvalue weighted by Crippen LogP contribution is -2.29. The molecule has 0 spiro atoms. The van der Waals surface area contributed by atoms with Crippen LogP contribution < -0.4 is 15.0 Å². The van der Waals surface area contributed by atoms with E-state index >= 15 is 0 Å². The van der Waals surface area contributed by atoms with Crippen LogP contribution in [-0.4, -0.2) is 25.5 Å². The van der Waals surface area contributed by atoms with Crippen molar-refractivity contribution in [2.24, 2.45) is 11.8 Å². The Morgan fingerprint density at radius 3 is 2.48 bits per heavy atom. The summed E-state index contributed by atoms with van der Waals surface area (Å²) in [5.74, 6) is 0.576. The first kappa shape index (κ1) is 19.0. The molecule has 1 N–H and O–H groups in total. The van der Waals surface area contributed by atoms with E-state index in [1.807, 2.05) is 35.2 Å². The molecule has 0 saturated carbocycles. The Morgan fingerprint density at radius 1 is 1.15 bits per heavy atom. The molecule has 2 aromatic carbocycles. The van der Waals surface area contributed by atoms with E-state index in [2.05, 4.69) is 12.2 Å². The lowest BCUT2D eigenvalue weighted by atomic mass is 9.88. The predicted molar refractivity (Wildman–Crippen MR) is 107 cm³/mol.